The van der Waals surface area contributed by atoms with Gasteiger partial charge in [-0.2, -0.15) is 0 Å². The Morgan fingerprint density at radius 1 is 1.07 bits per heavy atom. The molecule has 7 heteroatoms. The minimum atomic E-state index is -0.328. The molecule has 0 saturated carbocycles. The van der Waals surface area contributed by atoms with Gasteiger partial charge in [-0.1, -0.05) is 29.5 Å². The molecule has 1 N–H and O–H groups in total. The molecule has 0 bridgehead atoms. The third-order valence-electron chi connectivity index (χ3n) is 4.57. The molecular formula is C22H23N3O3S. The van der Waals surface area contributed by atoms with Crippen molar-refractivity contribution in [2.75, 3.05) is 37.7 Å². The zero-order chi connectivity index (χ0) is 20.1. The predicted octanol–water partition coefficient (Wildman–Crippen LogP) is 4.19. The van der Waals surface area contributed by atoms with Crippen LogP contribution in [0.2, 0.25) is 0 Å². The van der Waals surface area contributed by atoms with Gasteiger partial charge in [0.05, 0.1) is 12.3 Å². The van der Waals surface area contributed by atoms with Crippen LogP contribution in [0.3, 0.4) is 0 Å². The van der Waals surface area contributed by atoms with Gasteiger partial charge in [0.15, 0.2) is 5.13 Å². The number of nitrogens with one attached hydrogen (secondary N) is 1. The average Bonchev–Trinajstić information content (AvgIpc) is 3.22. The summed E-state index contributed by atoms with van der Waals surface area (Å²) in [7, 11) is 0. The second-order valence-corrected chi connectivity index (χ2v) is 7.55. The zero-order valence-electron chi connectivity index (χ0n) is 16.3. The number of hydrogen-bond donors (Lipinski definition) is 1. The minimum Gasteiger partial charge on any atom is -0.462 e. The second-order valence-electron chi connectivity index (χ2n) is 6.57. The Balaban J connectivity index is 1.61. The van der Waals surface area contributed by atoms with Crippen LogP contribution < -0.4 is 15.0 Å². The number of aromatic nitrogens is 1. The van der Waals surface area contributed by atoms with Crippen LogP contribution in [0.4, 0.5) is 5.13 Å². The molecule has 0 amide bonds. The third-order valence-corrected chi connectivity index (χ3v) is 5.67. The molecule has 0 aliphatic carbocycles. The Labute approximate surface area is 174 Å². The second kappa shape index (κ2) is 9.07. The molecule has 1 aliphatic heterocycles. The van der Waals surface area contributed by atoms with Crippen molar-refractivity contribution in [3.05, 3.63) is 59.5 Å². The Morgan fingerprint density at radius 2 is 1.76 bits per heavy atom. The number of hydrogen-bond acceptors (Lipinski definition) is 7. The molecule has 150 valence electrons. The first kappa shape index (κ1) is 19.4. The van der Waals surface area contributed by atoms with Crippen molar-refractivity contribution in [3.8, 4) is 22.8 Å². The largest absolute Gasteiger partial charge is 0.462 e. The number of benzene rings is 2. The molecule has 0 radical (unpaired) electrons. The fraction of sp³-hybridized carbons (Fsp3) is 0.273. The van der Waals surface area contributed by atoms with Crippen LogP contribution >= 0.6 is 11.3 Å². The quantitative estimate of drug-likeness (QED) is 0.616. The van der Waals surface area contributed by atoms with Crippen LogP contribution in [0, 0.1) is 0 Å². The smallest absolute Gasteiger partial charge is 0.350 e. The van der Waals surface area contributed by atoms with Crippen LogP contribution in [0.25, 0.3) is 11.3 Å². The Morgan fingerprint density at radius 3 is 2.45 bits per heavy atom. The van der Waals surface area contributed by atoms with Crippen LogP contribution in [0.15, 0.2) is 54.6 Å². The first-order chi connectivity index (χ1) is 14.2. The number of thiazole rings is 1. The summed E-state index contributed by atoms with van der Waals surface area (Å²) in [6.07, 6.45) is 0. The van der Waals surface area contributed by atoms with Gasteiger partial charge in [-0.3, -0.25) is 0 Å². The van der Waals surface area contributed by atoms with Gasteiger partial charge in [-0.05, 0) is 43.3 Å². The number of ether oxygens (including phenoxy) is 2. The lowest BCUT2D eigenvalue weighted by molar-refractivity contribution is 0.0532. The topological polar surface area (TPSA) is 63.7 Å². The van der Waals surface area contributed by atoms with Crippen molar-refractivity contribution < 1.29 is 14.3 Å². The maximum atomic E-state index is 12.5. The van der Waals surface area contributed by atoms with E-state index < -0.39 is 0 Å². The number of nitrogens with zero attached hydrogens (tertiary/aromatic N) is 2. The van der Waals surface area contributed by atoms with E-state index in [4.69, 9.17) is 14.5 Å². The lowest BCUT2D eigenvalue weighted by atomic mass is 10.1. The Kier molecular flexibility index (Phi) is 6.07. The van der Waals surface area contributed by atoms with Crippen LogP contribution in [0.5, 0.6) is 11.5 Å². The predicted molar refractivity (Wildman–Crippen MR) is 115 cm³/mol. The fourth-order valence-electron chi connectivity index (χ4n) is 3.14. The summed E-state index contributed by atoms with van der Waals surface area (Å²) in [5.41, 5.74) is 1.53. The highest BCUT2D eigenvalue weighted by molar-refractivity contribution is 7.17. The molecule has 1 aromatic heterocycles. The molecule has 1 saturated heterocycles. The monoisotopic (exact) mass is 409 g/mol. The van der Waals surface area contributed by atoms with E-state index in [0.717, 1.165) is 48.4 Å². The normalized spacial score (nSPS) is 13.9. The SMILES string of the molecule is CCOC(=O)c1sc(N2CCNCC2)nc1-c1ccc(Oc2ccccc2)cc1. The van der Waals surface area contributed by atoms with Crippen molar-refractivity contribution in [3.63, 3.8) is 0 Å². The number of esters is 1. The maximum absolute atomic E-state index is 12.5. The summed E-state index contributed by atoms with van der Waals surface area (Å²) >= 11 is 1.40. The van der Waals surface area contributed by atoms with Crippen LogP contribution in [-0.4, -0.2) is 43.7 Å². The van der Waals surface area contributed by atoms with E-state index in [2.05, 4.69) is 10.2 Å². The van der Waals surface area contributed by atoms with E-state index in [1.54, 1.807) is 0 Å². The summed E-state index contributed by atoms with van der Waals surface area (Å²) in [5, 5.41) is 4.19. The molecule has 2 heterocycles. The highest BCUT2D eigenvalue weighted by Crippen LogP contribution is 2.35. The van der Waals surface area contributed by atoms with Gasteiger partial charge in [0.1, 0.15) is 16.4 Å². The van der Waals surface area contributed by atoms with Gasteiger partial charge in [0.25, 0.3) is 0 Å². The Hall–Kier alpha value is -2.90. The van der Waals surface area contributed by atoms with Gasteiger partial charge in [-0.25, -0.2) is 9.78 Å². The molecule has 29 heavy (non-hydrogen) atoms. The van der Waals surface area contributed by atoms with Crippen LogP contribution in [0.1, 0.15) is 16.6 Å². The molecule has 1 aliphatic rings. The van der Waals surface area contributed by atoms with Gasteiger partial charge in [0.2, 0.25) is 0 Å². The van der Waals surface area contributed by atoms with Gasteiger partial charge in [0, 0.05) is 31.7 Å². The number of anilines is 1. The molecule has 3 aromatic rings. The van der Waals surface area contributed by atoms with Gasteiger partial charge >= 0.3 is 5.97 Å². The highest BCUT2D eigenvalue weighted by atomic mass is 32.1. The van der Waals surface area contributed by atoms with Crippen LogP contribution in [-0.2, 0) is 4.74 Å². The van der Waals surface area contributed by atoms with E-state index in [-0.39, 0.29) is 5.97 Å². The number of carbonyl (C=O) groups is 1. The number of piperazine rings is 1. The van der Waals surface area contributed by atoms with Crippen molar-refractivity contribution in [2.45, 2.75) is 6.92 Å². The van der Waals surface area contributed by atoms with Crippen molar-refractivity contribution in [1.82, 2.24) is 10.3 Å². The number of carbonyl (C=O) groups excluding carboxylic acids is 1. The third kappa shape index (κ3) is 4.58. The highest BCUT2D eigenvalue weighted by Gasteiger charge is 2.24. The van der Waals surface area contributed by atoms with Crippen molar-refractivity contribution >= 4 is 22.4 Å². The molecule has 0 spiro atoms. The summed E-state index contributed by atoms with van der Waals surface area (Å²) in [5.74, 6) is 1.18. The number of rotatable bonds is 6. The fourth-order valence-corrected chi connectivity index (χ4v) is 4.17. The number of para-hydroxylation sites is 1. The van der Waals surface area contributed by atoms with Crippen molar-refractivity contribution in [1.29, 1.82) is 0 Å². The molecule has 2 aromatic carbocycles. The van der Waals surface area contributed by atoms with Gasteiger partial charge < -0.3 is 19.7 Å². The molecule has 0 atom stereocenters. The minimum absolute atomic E-state index is 0.328. The average molecular weight is 410 g/mol. The maximum Gasteiger partial charge on any atom is 0.350 e. The summed E-state index contributed by atoms with van der Waals surface area (Å²) in [6, 6.07) is 17.3. The lowest BCUT2D eigenvalue weighted by Gasteiger charge is -2.26. The van der Waals surface area contributed by atoms with E-state index in [9.17, 15) is 4.79 Å². The summed E-state index contributed by atoms with van der Waals surface area (Å²) in [6.45, 7) is 5.72. The molecule has 4 rings (SSSR count). The molecule has 0 unspecified atom stereocenters. The molecular weight excluding hydrogens is 386 g/mol. The van der Waals surface area contributed by atoms with E-state index in [1.807, 2.05) is 61.5 Å². The standard InChI is InChI=1S/C22H23N3O3S/c1-2-27-21(26)20-19(24-22(29-20)25-14-12-23-13-15-25)16-8-10-18(11-9-16)28-17-6-4-3-5-7-17/h3-11,23H,2,12-15H2,1H3. The molecule has 6 nitrogen and oxygen atoms in total. The van der Waals surface area contributed by atoms with Crippen molar-refractivity contribution in [2.24, 2.45) is 0 Å². The van der Waals surface area contributed by atoms with E-state index in [0.29, 0.717) is 17.2 Å². The first-order valence-corrected chi connectivity index (χ1v) is 10.5. The van der Waals surface area contributed by atoms with E-state index in [1.165, 1.54) is 11.3 Å². The van der Waals surface area contributed by atoms with Gasteiger partial charge in [-0.15, -0.1) is 0 Å². The van der Waals surface area contributed by atoms with E-state index >= 15 is 0 Å². The zero-order valence-corrected chi connectivity index (χ0v) is 17.1. The first-order valence-electron chi connectivity index (χ1n) is 9.71. The lowest BCUT2D eigenvalue weighted by Crippen LogP contribution is -2.43. The Bertz CT molecular complexity index is 951. The molecule has 1 fully saturated rings. The summed E-state index contributed by atoms with van der Waals surface area (Å²) in [4.78, 5) is 20.1. The summed E-state index contributed by atoms with van der Waals surface area (Å²) < 4.78 is 11.1.